The molecule has 1 fully saturated rings. The second kappa shape index (κ2) is 8.79. The van der Waals surface area contributed by atoms with Crippen LogP contribution in [-0.2, 0) is 7.05 Å². The third-order valence-electron chi connectivity index (χ3n) is 8.35. The zero-order valence-electron chi connectivity index (χ0n) is 21.9. The minimum atomic E-state index is -0.312. The fraction of sp³-hybridized carbons (Fsp3) is 0.303. The van der Waals surface area contributed by atoms with E-state index in [4.69, 9.17) is 4.42 Å². The van der Waals surface area contributed by atoms with Crippen LogP contribution in [0.15, 0.2) is 71.3 Å². The highest BCUT2D eigenvalue weighted by molar-refractivity contribution is 6.13. The molecule has 1 aliphatic carbocycles. The smallest absolute Gasteiger partial charge is 0.219 e. The van der Waals surface area contributed by atoms with Gasteiger partial charge >= 0.3 is 0 Å². The Bertz CT molecular complexity index is 1640. The lowest BCUT2D eigenvalue weighted by atomic mass is 9.71. The number of halogens is 2. The number of benzene rings is 3. The summed E-state index contributed by atoms with van der Waals surface area (Å²) in [5.74, 6) is -0.0614. The van der Waals surface area contributed by atoms with Crippen LogP contribution in [0.25, 0.3) is 44.3 Å². The lowest BCUT2D eigenvalue weighted by Crippen LogP contribution is -2.30. The van der Waals surface area contributed by atoms with Gasteiger partial charge in [0.15, 0.2) is 6.20 Å². The number of aryl methyl sites for hydroxylation is 2. The van der Waals surface area contributed by atoms with Crippen LogP contribution in [0.1, 0.15) is 56.6 Å². The largest absolute Gasteiger partial charge is 0.454 e. The van der Waals surface area contributed by atoms with Crippen molar-refractivity contribution >= 4 is 21.9 Å². The summed E-state index contributed by atoms with van der Waals surface area (Å²) < 4.78 is 38.0. The van der Waals surface area contributed by atoms with Crippen LogP contribution in [0.5, 0.6) is 0 Å². The van der Waals surface area contributed by atoms with Crippen LogP contribution >= 0.6 is 0 Å². The number of aromatic nitrogens is 1. The molecule has 37 heavy (non-hydrogen) atoms. The van der Waals surface area contributed by atoms with E-state index in [1.54, 1.807) is 12.3 Å². The summed E-state index contributed by atoms with van der Waals surface area (Å²) in [6.45, 7) is 6.69. The summed E-state index contributed by atoms with van der Waals surface area (Å²) in [4.78, 5) is 0. The van der Waals surface area contributed by atoms with Crippen molar-refractivity contribution in [2.24, 2.45) is 12.5 Å². The third kappa shape index (κ3) is 4.13. The van der Waals surface area contributed by atoms with Crippen molar-refractivity contribution in [2.75, 3.05) is 0 Å². The van der Waals surface area contributed by atoms with Gasteiger partial charge in [0.25, 0.3) is 0 Å². The fourth-order valence-electron chi connectivity index (χ4n) is 6.01. The summed E-state index contributed by atoms with van der Waals surface area (Å²) in [5, 5.41) is 1.74. The average molecular weight is 497 g/mol. The molecule has 4 heteroatoms. The SMILES string of the molecule is Cc1ccc2c(oc3c(-c4ccc(C5CCC(C)(C)CC5)cc4)c(F)ccc32)c1-c1cc(F)cc[n+]1C. The number of fused-ring (bicyclic) bond motifs is 3. The van der Waals surface area contributed by atoms with Crippen molar-refractivity contribution in [1.82, 2.24) is 0 Å². The standard InChI is InChI=1S/C33H32F2NO/c1-20-5-10-25-26-11-12-27(35)30(23-8-6-21(7-9-23)22-13-16-33(2,3)17-14-22)32(26)37-31(25)29(20)28-19-24(34)15-18-36(28)4/h5-12,15,18-19,22H,13-14,16-17H2,1-4H3/q+1. The normalized spacial score (nSPS) is 16.1. The monoisotopic (exact) mass is 496 g/mol. The van der Waals surface area contributed by atoms with E-state index in [0.29, 0.717) is 33.8 Å². The Hall–Kier alpha value is -3.53. The summed E-state index contributed by atoms with van der Waals surface area (Å²) in [6, 6.07) is 18.6. The van der Waals surface area contributed by atoms with Crippen LogP contribution in [0.4, 0.5) is 8.78 Å². The van der Waals surface area contributed by atoms with E-state index in [1.807, 2.05) is 42.8 Å². The van der Waals surface area contributed by atoms with Crippen LogP contribution in [-0.4, -0.2) is 0 Å². The van der Waals surface area contributed by atoms with E-state index in [0.717, 1.165) is 27.5 Å². The van der Waals surface area contributed by atoms with Gasteiger partial charge < -0.3 is 4.42 Å². The summed E-state index contributed by atoms with van der Waals surface area (Å²) >= 11 is 0. The quantitative estimate of drug-likeness (QED) is 0.228. The highest BCUT2D eigenvalue weighted by Gasteiger charge is 2.28. The van der Waals surface area contributed by atoms with Crippen LogP contribution in [0.2, 0.25) is 0 Å². The van der Waals surface area contributed by atoms with Gasteiger partial charge in [-0.05, 0) is 72.8 Å². The number of nitrogens with zero attached hydrogens (tertiary/aromatic N) is 1. The van der Waals surface area contributed by atoms with Gasteiger partial charge in [-0.2, -0.15) is 0 Å². The Labute approximate surface area is 216 Å². The number of pyridine rings is 1. The number of hydrogen-bond acceptors (Lipinski definition) is 1. The van der Waals surface area contributed by atoms with Crippen LogP contribution in [0.3, 0.4) is 0 Å². The predicted octanol–water partition coefficient (Wildman–Crippen LogP) is 9.01. The lowest BCUT2D eigenvalue weighted by Gasteiger charge is -2.34. The Kier molecular flexibility index (Phi) is 5.67. The topological polar surface area (TPSA) is 17.0 Å². The first-order valence-corrected chi connectivity index (χ1v) is 13.1. The lowest BCUT2D eigenvalue weighted by molar-refractivity contribution is -0.660. The molecule has 0 N–H and O–H groups in total. The summed E-state index contributed by atoms with van der Waals surface area (Å²) in [5.41, 5.74) is 6.69. The van der Waals surface area contributed by atoms with Gasteiger partial charge in [-0.3, -0.25) is 0 Å². The zero-order chi connectivity index (χ0) is 25.9. The predicted molar refractivity (Wildman–Crippen MR) is 145 cm³/mol. The molecule has 0 amide bonds. The van der Waals surface area contributed by atoms with E-state index in [-0.39, 0.29) is 11.6 Å². The van der Waals surface area contributed by atoms with E-state index < -0.39 is 0 Å². The summed E-state index contributed by atoms with van der Waals surface area (Å²) in [7, 11) is 1.88. The van der Waals surface area contributed by atoms with Crippen molar-refractivity contribution in [3.63, 3.8) is 0 Å². The Morgan fingerprint density at radius 3 is 2.19 bits per heavy atom. The van der Waals surface area contributed by atoms with Crippen molar-refractivity contribution in [1.29, 1.82) is 0 Å². The molecule has 0 aliphatic heterocycles. The Balaban J connectivity index is 1.48. The molecule has 3 aromatic carbocycles. The second-order valence-electron chi connectivity index (χ2n) is 11.4. The van der Waals surface area contributed by atoms with Crippen LogP contribution in [0, 0.1) is 24.0 Å². The van der Waals surface area contributed by atoms with Crippen molar-refractivity contribution in [3.05, 3.63) is 89.6 Å². The molecule has 5 aromatic rings. The zero-order valence-corrected chi connectivity index (χ0v) is 21.9. The first-order chi connectivity index (χ1) is 17.7. The molecule has 2 aromatic heterocycles. The number of hydrogen-bond donors (Lipinski definition) is 0. The highest BCUT2D eigenvalue weighted by Crippen LogP contribution is 2.44. The molecule has 0 atom stereocenters. The first-order valence-electron chi connectivity index (χ1n) is 13.1. The second-order valence-corrected chi connectivity index (χ2v) is 11.4. The van der Waals surface area contributed by atoms with E-state index in [2.05, 4.69) is 26.0 Å². The number of furan rings is 1. The van der Waals surface area contributed by atoms with Gasteiger partial charge in [-0.1, -0.05) is 50.2 Å². The van der Waals surface area contributed by atoms with Gasteiger partial charge in [0.2, 0.25) is 5.69 Å². The molecule has 1 saturated carbocycles. The van der Waals surface area contributed by atoms with Gasteiger partial charge in [-0.25, -0.2) is 13.3 Å². The highest BCUT2D eigenvalue weighted by atomic mass is 19.1. The van der Waals surface area contributed by atoms with Gasteiger partial charge in [0, 0.05) is 22.9 Å². The third-order valence-corrected chi connectivity index (χ3v) is 8.35. The Morgan fingerprint density at radius 1 is 0.838 bits per heavy atom. The fourth-order valence-corrected chi connectivity index (χ4v) is 6.01. The molecule has 188 valence electrons. The molecule has 1 aliphatic rings. The Morgan fingerprint density at radius 2 is 1.49 bits per heavy atom. The molecule has 0 saturated heterocycles. The van der Waals surface area contributed by atoms with E-state index >= 15 is 4.39 Å². The van der Waals surface area contributed by atoms with Gasteiger partial charge in [0.05, 0.1) is 11.1 Å². The number of rotatable bonds is 3. The first kappa shape index (κ1) is 23.8. The maximum Gasteiger partial charge on any atom is 0.219 e. The summed E-state index contributed by atoms with van der Waals surface area (Å²) in [6.07, 6.45) is 6.55. The molecule has 0 radical (unpaired) electrons. The minimum absolute atomic E-state index is 0.311. The molecular formula is C33H32F2NO+. The van der Waals surface area contributed by atoms with Crippen molar-refractivity contribution in [3.8, 4) is 22.4 Å². The van der Waals surface area contributed by atoms with E-state index in [1.165, 1.54) is 49.4 Å². The van der Waals surface area contributed by atoms with Crippen LogP contribution < -0.4 is 4.57 Å². The van der Waals surface area contributed by atoms with Gasteiger partial charge in [-0.15, -0.1) is 0 Å². The molecular weight excluding hydrogens is 464 g/mol. The molecule has 0 unspecified atom stereocenters. The van der Waals surface area contributed by atoms with Crippen molar-refractivity contribution in [2.45, 2.75) is 52.4 Å². The average Bonchev–Trinajstić information content (AvgIpc) is 3.24. The molecule has 2 nitrogen and oxygen atoms in total. The molecule has 2 heterocycles. The maximum absolute atomic E-state index is 15.4. The maximum atomic E-state index is 15.4. The minimum Gasteiger partial charge on any atom is -0.454 e. The van der Waals surface area contributed by atoms with E-state index in [9.17, 15) is 4.39 Å². The molecule has 6 rings (SSSR count). The van der Waals surface area contributed by atoms with Crippen molar-refractivity contribution < 1.29 is 17.8 Å². The van der Waals surface area contributed by atoms with Gasteiger partial charge in [0.1, 0.15) is 29.8 Å². The molecule has 0 bridgehead atoms. The molecule has 0 spiro atoms.